The van der Waals surface area contributed by atoms with Crippen molar-refractivity contribution < 1.29 is 4.79 Å². The van der Waals surface area contributed by atoms with Gasteiger partial charge in [0.25, 0.3) is 5.91 Å². The number of fused-ring (bicyclic) bond motifs is 1. The van der Waals surface area contributed by atoms with Gasteiger partial charge in [0.15, 0.2) is 5.82 Å². The van der Waals surface area contributed by atoms with Crippen LogP contribution in [0.25, 0.3) is 11.5 Å². The topological polar surface area (TPSA) is 88.8 Å². The number of aryl methyl sites for hydroxylation is 1. The molecule has 0 bridgehead atoms. The molecule has 0 spiro atoms. The van der Waals surface area contributed by atoms with Crippen molar-refractivity contribution in [2.75, 3.05) is 11.9 Å². The minimum Gasteiger partial charge on any atom is -0.312 e. The van der Waals surface area contributed by atoms with Crippen molar-refractivity contribution in [1.82, 2.24) is 30.0 Å². The number of amides is 1. The van der Waals surface area contributed by atoms with Crippen LogP contribution in [-0.4, -0.2) is 37.7 Å². The molecule has 166 valence electrons. The molecule has 1 aliphatic carbocycles. The van der Waals surface area contributed by atoms with Gasteiger partial charge in [-0.1, -0.05) is 19.9 Å². The highest BCUT2D eigenvalue weighted by molar-refractivity contribution is 6.10. The van der Waals surface area contributed by atoms with Crippen LogP contribution in [0.15, 0.2) is 30.6 Å². The Balaban J connectivity index is 1.53. The first-order chi connectivity index (χ1) is 15.4. The highest BCUT2D eigenvalue weighted by atomic mass is 16.2. The van der Waals surface area contributed by atoms with Crippen molar-refractivity contribution in [1.29, 1.82) is 0 Å². The van der Waals surface area contributed by atoms with Crippen LogP contribution in [0.1, 0.15) is 73.4 Å². The number of nitrogens with zero attached hydrogens (tertiary/aromatic N) is 6. The van der Waals surface area contributed by atoms with Gasteiger partial charge >= 0.3 is 0 Å². The Bertz CT molecular complexity index is 1180. The Hall–Kier alpha value is -3.13. The monoisotopic (exact) mass is 431 g/mol. The third kappa shape index (κ3) is 3.39. The van der Waals surface area contributed by atoms with Gasteiger partial charge in [-0.3, -0.25) is 14.7 Å². The molecule has 1 saturated carbocycles. The lowest BCUT2D eigenvalue weighted by Crippen LogP contribution is -2.24. The van der Waals surface area contributed by atoms with Crippen molar-refractivity contribution in [3.8, 4) is 11.5 Å². The number of nitrogens with one attached hydrogen (secondary N) is 1. The molecular weight excluding hydrogens is 402 g/mol. The van der Waals surface area contributed by atoms with E-state index in [-0.39, 0.29) is 17.4 Å². The predicted molar refractivity (Wildman–Crippen MR) is 122 cm³/mol. The molecule has 1 amide bonds. The molecule has 32 heavy (non-hydrogen) atoms. The number of anilines is 1. The summed E-state index contributed by atoms with van der Waals surface area (Å²) >= 11 is 0. The maximum absolute atomic E-state index is 13.5. The number of rotatable bonds is 7. The lowest BCUT2D eigenvalue weighted by Gasteiger charge is -2.18. The SMILES string of the molecule is CCCn1cnnc1-c1cccc(N2Cc3c(cc(C4(C)CC4)nc3[C@H](C)NC)C2=O)n1. The van der Waals surface area contributed by atoms with Gasteiger partial charge in [0.1, 0.15) is 17.8 Å². The van der Waals surface area contributed by atoms with E-state index < -0.39 is 0 Å². The van der Waals surface area contributed by atoms with Gasteiger partial charge in [-0.25, -0.2) is 4.98 Å². The molecule has 8 nitrogen and oxygen atoms in total. The Morgan fingerprint density at radius 1 is 1.25 bits per heavy atom. The second kappa shape index (κ2) is 7.78. The van der Waals surface area contributed by atoms with Gasteiger partial charge in [-0.05, 0) is 51.4 Å². The Morgan fingerprint density at radius 3 is 2.78 bits per heavy atom. The zero-order chi connectivity index (χ0) is 22.5. The smallest absolute Gasteiger partial charge is 0.260 e. The fourth-order valence-electron chi connectivity index (χ4n) is 4.31. The number of hydrogen-bond donors (Lipinski definition) is 1. The lowest BCUT2D eigenvalue weighted by molar-refractivity contribution is 0.0996. The third-order valence-electron chi connectivity index (χ3n) is 6.73. The summed E-state index contributed by atoms with van der Waals surface area (Å²) in [6.07, 6.45) is 4.94. The van der Waals surface area contributed by atoms with Gasteiger partial charge in [-0.15, -0.1) is 10.2 Å². The van der Waals surface area contributed by atoms with Crippen LogP contribution < -0.4 is 10.2 Å². The van der Waals surface area contributed by atoms with Crippen LogP contribution >= 0.6 is 0 Å². The molecule has 0 radical (unpaired) electrons. The molecule has 8 heteroatoms. The van der Waals surface area contributed by atoms with E-state index in [4.69, 9.17) is 9.97 Å². The Labute approximate surface area is 188 Å². The number of aromatic nitrogens is 5. The molecule has 3 aromatic heterocycles. The van der Waals surface area contributed by atoms with Crippen LogP contribution in [0.4, 0.5) is 5.82 Å². The molecule has 4 heterocycles. The first kappa shape index (κ1) is 20.8. The zero-order valence-corrected chi connectivity index (χ0v) is 19.1. The van der Waals surface area contributed by atoms with Crippen LogP contribution in [0.3, 0.4) is 0 Å². The molecule has 1 N–H and O–H groups in total. The second-order valence-corrected chi connectivity index (χ2v) is 9.11. The van der Waals surface area contributed by atoms with E-state index in [0.29, 0.717) is 23.9 Å². The zero-order valence-electron chi connectivity index (χ0n) is 19.1. The van der Waals surface area contributed by atoms with Gasteiger partial charge in [0.05, 0.1) is 12.2 Å². The van der Waals surface area contributed by atoms with Gasteiger partial charge in [-0.2, -0.15) is 0 Å². The van der Waals surface area contributed by atoms with Crippen LogP contribution in [0.2, 0.25) is 0 Å². The largest absolute Gasteiger partial charge is 0.312 e. The lowest BCUT2D eigenvalue weighted by atomic mass is 9.97. The number of carbonyl (C=O) groups excluding carboxylic acids is 1. The molecule has 1 fully saturated rings. The molecule has 0 aromatic carbocycles. The summed E-state index contributed by atoms with van der Waals surface area (Å²) in [7, 11) is 1.93. The Morgan fingerprint density at radius 2 is 2.06 bits per heavy atom. The van der Waals surface area contributed by atoms with E-state index >= 15 is 0 Å². The molecule has 5 rings (SSSR count). The average Bonchev–Trinajstić information content (AvgIpc) is 3.24. The highest BCUT2D eigenvalue weighted by Gasteiger charge is 2.43. The standard InChI is InChI=1S/C24H29N7O/c1-5-11-30-14-26-29-22(30)18-7-6-8-20(27-18)31-13-17-16(23(31)32)12-19(24(3)9-10-24)28-21(17)15(2)25-4/h6-8,12,14-15,25H,5,9-11,13H2,1-4H3/t15-/m0/s1. The highest BCUT2D eigenvalue weighted by Crippen LogP contribution is 2.48. The summed E-state index contributed by atoms with van der Waals surface area (Å²) in [6.45, 7) is 7.72. The molecule has 2 aliphatic rings. The summed E-state index contributed by atoms with van der Waals surface area (Å²) in [4.78, 5) is 25.1. The summed E-state index contributed by atoms with van der Waals surface area (Å²) in [6, 6.07) is 7.79. The molecule has 1 aliphatic heterocycles. The van der Waals surface area contributed by atoms with Crippen LogP contribution in [0.5, 0.6) is 0 Å². The molecule has 0 saturated heterocycles. The van der Waals surface area contributed by atoms with Crippen molar-refractivity contribution in [3.05, 3.63) is 53.1 Å². The van der Waals surface area contributed by atoms with E-state index in [0.717, 1.165) is 48.3 Å². The quantitative estimate of drug-likeness (QED) is 0.614. The molecular formula is C24H29N7O. The summed E-state index contributed by atoms with van der Waals surface area (Å²) in [5.74, 6) is 1.32. The number of carbonyl (C=O) groups is 1. The fraction of sp³-hybridized carbons (Fsp3) is 0.458. The van der Waals surface area contributed by atoms with Gasteiger partial charge < -0.3 is 9.88 Å². The Kier molecular flexibility index (Phi) is 5.04. The van der Waals surface area contributed by atoms with Gasteiger partial charge in [0.2, 0.25) is 0 Å². The molecule has 1 atom stereocenters. The van der Waals surface area contributed by atoms with Crippen molar-refractivity contribution in [2.24, 2.45) is 0 Å². The number of pyridine rings is 2. The van der Waals surface area contributed by atoms with E-state index in [2.05, 4.69) is 36.3 Å². The summed E-state index contributed by atoms with van der Waals surface area (Å²) < 4.78 is 1.99. The van der Waals surface area contributed by atoms with E-state index in [1.807, 2.05) is 35.9 Å². The fourth-order valence-corrected chi connectivity index (χ4v) is 4.31. The number of hydrogen-bond acceptors (Lipinski definition) is 6. The van der Waals surface area contributed by atoms with Gasteiger partial charge in [0, 0.05) is 34.8 Å². The predicted octanol–water partition coefficient (Wildman–Crippen LogP) is 3.64. The van der Waals surface area contributed by atoms with Crippen LogP contribution in [-0.2, 0) is 18.5 Å². The van der Waals surface area contributed by atoms with Crippen molar-refractivity contribution in [2.45, 2.75) is 64.6 Å². The summed E-state index contributed by atoms with van der Waals surface area (Å²) in [5.41, 5.74) is 4.53. The van der Waals surface area contributed by atoms with Crippen molar-refractivity contribution in [3.63, 3.8) is 0 Å². The van der Waals surface area contributed by atoms with Crippen molar-refractivity contribution >= 4 is 11.7 Å². The van der Waals surface area contributed by atoms with Crippen LogP contribution in [0, 0.1) is 0 Å². The second-order valence-electron chi connectivity index (χ2n) is 9.11. The average molecular weight is 432 g/mol. The first-order valence-electron chi connectivity index (χ1n) is 11.3. The minimum absolute atomic E-state index is 0.0165. The van der Waals surface area contributed by atoms with E-state index in [1.54, 1.807) is 11.2 Å². The third-order valence-corrected chi connectivity index (χ3v) is 6.73. The maximum atomic E-state index is 13.5. The molecule has 3 aromatic rings. The molecule has 0 unspecified atom stereocenters. The summed E-state index contributed by atoms with van der Waals surface area (Å²) in [5, 5.41) is 11.6. The maximum Gasteiger partial charge on any atom is 0.260 e. The normalized spacial score (nSPS) is 17.5. The van der Waals surface area contributed by atoms with E-state index in [1.165, 1.54) is 0 Å². The minimum atomic E-state index is -0.0165. The van der Waals surface area contributed by atoms with E-state index in [9.17, 15) is 4.79 Å². The first-order valence-corrected chi connectivity index (χ1v) is 11.3.